The first kappa shape index (κ1) is 12.8. The van der Waals surface area contributed by atoms with Gasteiger partial charge in [0.05, 0.1) is 6.42 Å². The van der Waals surface area contributed by atoms with Crippen LogP contribution in [0.3, 0.4) is 0 Å². The number of hydrogen-bond acceptors (Lipinski definition) is 2. The minimum Gasteiger partial charge on any atom is -0.481 e. The average molecular weight is 313 g/mol. The number of aromatic nitrogens is 2. The Hall–Kier alpha value is -1.69. The molecule has 2 rings (SSSR count). The second kappa shape index (κ2) is 5.30. The Labute approximate surface area is 111 Å². The van der Waals surface area contributed by atoms with Crippen molar-refractivity contribution in [3.63, 3.8) is 0 Å². The van der Waals surface area contributed by atoms with Crippen LogP contribution < -0.4 is 0 Å². The summed E-state index contributed by atoms with van der Waals surface area (Å²) in [6.45, 7) is 0. The van der Waals surface area contributed by atoms with Crippen molar-refractivity contribution in [2.75, 3.05) is 0 Å². The van der Waals surface area contributed by atoms with Gasteiger partial charge >= 0.3 is 5.97 Å². The number of H-pyrrole nitrogens is 1. The molecule has 0 fully saturated rings. The van der Waals surface area contributed by atoms with Gasteiger partial charge in [-0.15, -0.1) is 0 Å². The molecule has 0 amide bonds. The van der Waals surface area contributed by atoms with Gasteiger partial charge < -0.3 is 10.1 Å². The maximum Gasteiger partial charge on any atom is 0.303 e. The highest BCUT2D eigenvalue weighted by Crippen LogP contribution is 2.26. The molecule has 2 N–H and O–H groups in total. The number of aromatic amines is 1. The zero-order valence-corrected chi connectivity index (χ0v) is 10.9. The molecular formula is C12H10BrFN2O2. The zero-order valence-electron chi connectivity index (χ0n) is 9.28. The van der Waals surface area contributed by atoms with Gasteiger partial charge in [0, 0.05) is 12.0 Å². The van der Waals surface area contributed by atoms with Crippen LogP contribution in [0.2, 0.25) is 0 Å². The molecular weight excluding hydrogens is 303 g/mol. The van der Waals surface area contributed by atoms with E-state index in [0.29, 0.717) is 22.5 Å². The number of benzene rings is 1. The highest BCUT2D eigenvalue weighted by atomic mass is 79.9. The van der Waals surface area contributed by atoms with Gasteiger partial charge in [-0.3, -0.25) is 4.79 Å². The van der Waals surface area contributed by atoms with Gasteiger partial charge in [-0.05, 0) is 40.2 Å². The predicted octanol–water partition coefficient (Wildman–Crippen LogP) is 3.00. The van der Waals surface area contributed by atoms with Gasteiger partial charge in [-0.1, -0.05) is 0 Å². The van der Waals surface area contributed by atoms with E-state index in [4.69, 9.17) is 5.11 Å². The Bertz CT molecular complexity index is 566. The number of imidazole rings is 1. The van der Waals surface area contributed by atoms with Gasteiger partial charge in [0.25, 0.3) is 0 Å². The molecule has 0 aliphatic carbocycles. The topological polar surface area (TPSA) is 66.0 Å². The molecule has 0 atom stereocenters. The number of nitrogens with one attached hydrogen (secondary N) is 1. The molecule has 0 saturated heterocycles. The fraction of sp³-hybridized carbons (Fsp3) is 0.167. The molecule has 18 heavy (non-hydrogen) atoms. The van der Waals surface area contributed by atoms with E-state index in [1.54, 1.807) is 12.1 Å². The summed E-state index contributed by atoms with van der Waals surface area (Å²) in [5, 5.41) is 8.60. The van der Waals surface area contributed by atoms with E-state index in [0.717, 1.165) is 5.56 Å². The Morgan fingerprint density at radius 1 is 1.39 bits per heavy atom. The minimum atomic E-state index is -0.870. The lowest BCUT2D eigenvalue weighted by molar-refractivity contribution is -0.137. The highest BCUT2D eigenvalue weighted by Gasteiger charge is 2.11. The fourth-order valence-electron chi connectivity index (χ4n) is 1.54. The second-order valence-corrected chi connectivity index (χ2v) is 4.54. The predicted molar refractivity (Wildman–Crippen MR) is 67.6 cm³/mol. The molecule has 0 aliphatic rings. The number of carboxylic acids is 1. The van der Waals surface area contributed by atoms with Crippen LogP contribution in [0.1, 0.15) is 12.2 Å². The van der Waals surface area contributed by atoms with Gasteiger partial charge in [-0.25, -0.2) is 9.37 Å². The summed E-state index contributed by atoms with van der Waals surface area (Å²) in [5.74, 6) is -0.592. The number of halogens is 2. The van der Waals surface area contributed by atoms with Crippen LogP contribution in [-0.4, -0.2) is 21.0 Å². The Balaban J connectivity index is 2.23. The number of carboxylic acid groups (broad SMARTS) is 1. The molecule has 6 heteroatoms. The van der Waals surface area contributed by atoms with E-state index < -0.39 is 5.97 Å². The molecule has 1 aromatic carbocycles. The fourth-order valence-corrected chi connectivity index (χ4v) is 2.09. The van der Waals surface area contributed by atoms with Crippen molar-refractivity contribution < 1.29 is 14.3 Å². The second-order valence-electron chi connectivity index (χ2n) is 3.75. The molecule has 0 bridgehead atoms. The van der Waals surface area contributed by atoms with Crippen molar-refractivity contribution in [1.82, 2.24) is 9.97 Å². The van der Waals surface area contributed by atoms with Crippen molar-refractivity contribution >= 4 is 21.9 Å². The molecule has 0 spiro atoms. The van der Waals surface area contributed by atoms with Gasteiger partial charge in [-0.2, -0.15) is 0 Å². The van der Waals surface area contributed by atoms with Crippen molar-refractivity contribution in [2.24, 2.45) is 0 Å². The minimum absolute atomic E-state index is 0.0167. The summed E-state index contributed by atoms with van der Waals surface area (Å²) in [6.07, 6.45) is 0.345. The number of aryl methyl sites for hydroxylation is 1. The quantitative estimate of drug-likeness (QED) is 0.912. The lowest BCUT2D eigenvalue weighted by Crippen LogP contribution is -1.98. The summed E-state index contributed by atoms with van der Waals surface area (Å²) in [5.41, 5.74) is 1.41. The SMILES string of the molecule is O=C(O)CCc1nc(-c2ccc(F)cc2)c(Br)[nH]1. The van der Waals surface area contributed by atoms with Crippen LogP contribution in [0.15, 0.2) is 28.9 Å². The van der Waals surface area contributed by atoms with E-state index in [1.165, 1.54) is 12.1 Å². The van der Waals surface area contributed by atoms with Crippen molar-refractivity contribution in [2.45, 2.75) is 12.8 Å². The Morgan fingerprint density at radius 3 is 2.67 bits per heavy atom. The average Bonchev–Trinajstić information content (AvgIpc) is 2.69. The Morgan fingerprint density at radius 2 is 2.06 bits per heavy atom. The van der Waals surface area contributed by atoms with Crippen molar-refractivity contribution in [3.05, 3.63) is 40.5 Å². The van der Waals surface area contributed by atoms with Crippen molar-refractivity contribution in [3.8, 4) is 11.3 Å². The monoisotopic (exact) mass is 312 g/mol. The molecule has 2 aromatic rings. The Kier molecular flexibility index (Phi) is 3.76. The molecule has 0 saturated carbocycles. The molecule has 0 aliphatic heterocycles. The molecule has 1 aromatic heterocycles. The van der Waals surface area contributed by atoms with Crippen LogP contribution in [0.5, 0.6) is 0 Å². The maximum atomic E-state index is 12.8. The van der Waals surface area contributed by atoms with E-state index in [2.05, 4.69) is 25.9 Å². The van der Waals surface area contributed by atoms with E-state index >= 15 is 0 Å². The van der Waals surface area contributed by atoms with E-state index in [1.807, 2.05) is 0 Å². The third kappa shape index (κ3) is 2.95. The number of hydrogen-bond donors (Lipinski definition) is 2. The first-order valence-corrected chi connectivity index (χ1v) is 6.07. The first-order chi connectivity index (χ1) is 8.56. The highest BCUT2D eigenvalue weighted by molar-refractivity contribution is 9.10. The third-order valence-electron chi connectivity index (χ3n) is 2.40. The molecule has 4 nitrogen and oxygen atoms in total. The van der Waals surface area contributed by atoms with Crippen LogP contribution in [-0.2, 0) is 11.2 Å². The lowest BCUT2D eigenvalue weighted by Gasteiger charge is -1.96. The number of rotatable bonds is 4. The van der Waals surface area contributed by atoms with Gasteiger partial charge in [0.2, 0.25) is 0 Å². The van der Waals surface area contributed by atoms with Gasteiger partial charge in [0.1, 0.15) is 21.9 Å². The summed E-state index contributed by atoms with van der Waals surface area (Å²) in [4.78, 5) is 17.7. The number of carbonyl (C=O) groups is 1. The lowest BCUT2D eigenvalue weighted by atomic mass is 10.2. The van der Waals surface area contributed by atoms with Crippen molar-refractivity contribution in [1.29, 1.82) is 0 Å². The summed E-state index contributed by atoms with van der Waals surface area (Å²) in [7, 11) is 0. The van der Waals surface area contributed by atoms with Crippen LogP contribution in [0, 0.1) is 5.82 Å². The zero-order chi connectivity index (χ0) is 13.1. The normalized spacial score (nSPS) is 10.6. The maximum absolute atomic E-state index is 12.8. The van der Waals surface area contributed by atoms with Gasteiger partial charge in [0.15, 0.2) is 0 Å². The summed E-state index contributed by atoms with van der Waals surface area (Å²) >= 11 is 3.32. The molecule has 1 heterocycles. The standard InChI is InChI=1S/C12H10BrFN2O2/c13-12-11(7-1-3-8(14)4-2-7)15-9(16-12)5-6-10(17)18/h1-4H,5-6H2,(H,15,16)(H,17,18). The van der Waals surface area contributed by atoms with E-state index in [-0.39, 0.29) is 12.2 Å². The third-order valence-corrected chi connectivity index (χ3v) is 2.98. The first-order valence-electron chi connectivity index (χ1n) is 5.28. The van der Waals surface area contributed by atoms with Crippen LogP contribution in [0.4, 0.5) is 4.39 Å². The molecule has 0 unspecified atom stereocenters. The largest absolute Gasteiger partial charge is 0.481 e. The van der Waals surface area contributed by atoms with E-state index in [9.17, 15) is 9.18 Å². The van der Waals surface area contributed by atoms with Crippen LogP contribution >= 0.6 is 15.9 Å². The molecule has 0 radical (unpaired) electrons. The summed E-state index contributed by atoms with van der Waals surface area (Å²) < 4.78 is 13.5. The number of aliphatic carboxylic acids is 1. The smallest absolute Gasteiger partial charge is 0.303 e. The summed E-state index contributed by atoms with van der Waals surface area (Å²) in [6, 6.07) is 5.95. The number of nitrogens with zero attached hydrogens (tertiary/aromatic N) is 1. The molecule has 94 valence electrons. The van der Waals surface area contributed by atoms with Crippen LogP contribution in [0.25, 0.3) is 11.3 Å².